The topological polar surface area (TPSA) is 148 Å². The molecule has 166 valence electrons. The maximum Gasteiger partial charge on any atom is 0.254 e. The summed E-state index contributed by atoms with van der Waals surface area (Å²) in [4.78, 5) is 32.7. The summed E-state index contributed by atoms with van der Waals surface area (Å²) in [6.07, 6.45) is 4.74. The molecule has 2 heterocycles. The monoisotopic (exact) mass is 443 g/mol. The van der Waals surface area contributed by atoms with Gasteiger partial charge in [-0.15, -0.1) is 0 Å². The van der Waals surface area contributed by atoms with Crippen LogP contribution in [-0.4, -0.2) is 39.1 Å². The lowest BCUT2D eigenvalue weighted by Crippen LogP contribution is -2.15. The number of hydrogen-bond acceptors (Lipinski definition) is 7. The fourth-order valence-electron chi connectivity index (χ4n) is 3.31. The Hall–Kier alpha value is -4.73. The molecular weight excluding hydrogens is 422 g/mol. The van der Waals surface area contributed by atoms with E-state index >= 15 is 0 Å². The lowest BCUT2D eigenvalue weighted by atomic mass is 10.1. The van der Waals surface area contributed by atoms with Crippen LogP contribution in [0, 0.1) is 0 Å². The number of amides is 2. The molecule has 0 bridgehead atoms. The molecule has 2 aromatic carbocycles. The molecule has 10 nitrogen and oxygen atoms in total. The fraction of sp³-hybridized carbons (Fsp3) is 0.0870. The Kier molecular flexibility index (Phi) is 6.26. The minimum absolute atomic E-state index is 0.175. The molecule has 0 unspecified atom stereocenters. The summed E-state index contributed by atoms with van der Waals surface area (Å²) in [5.74, 6) is 0.571. The molecule has 0 aliphatic carbocycles. The van der Waals surface area contributed by atoms with Gasteiger partial charge >= 0.3 is 0 Å². The minimum atomic E-state index is -0.653. The van der Waals surface area contributed by atoms with Crippen molar-refractivity contribution in [3.63, 3.8) is 0 Å². The van der Waals surface area contributed by atoms with E-state index in [1.165, 1.54) is 18.6 Å². The van der Waals surface area contributed by atoms with Gasteiger partial charge in [-0.1, -0.05) is 30.3 Å². The highest BCUT2D eigenvalue weighted by molar-refractivity contribution is 6.04. The average molecular weight is 443 g/mol. The number of benzene rings is 2. The number of nitrogens with two attached hydrogens (primary N) is 1. The van der Waals surface area contributed by atoms with E-state index in [2.05, 4.69) is 30.8 Å². The lowest BCUT2D eigenvalue weighted by molar-refractivity contribution is -0.115. The molecule has 0 fully saturated rings. The number of rotatable bonds is 8. The maximum atomic E-state index is 12.5. The number of nitrogens with zero attached hydrogens (tertiary/aromatic N) is 3. The van der Waals surface area contributed by atoms with Crippen molar-refractivity contribution in [3.05, 3.63) is 78.2 Å². The molecule has 33 heavy (non-hydrogen) atoms. The van der Waals surface area contributed by atoms with Gasteiger partial charge in [-0.25, -0.2) is 4.98 Å². The predicted molar refractivity (Wildman–Crippen MR) is 123 cm³/mol. The Morgan fingerprint density at radius 2 is 1.88 bits per heavy atom. The summed E-state index contributed by atoms with van der Waals surface area (Å²) in [6, 6.07) is 14.3. The number of aromatic nitrogens is 4. The highest BCUT2D eigenvalue weighted by atomic mass is 16.5. The smallest absolute Gasteiger partial charge is 0.254 e. The van der Waals surface area contributed by atoms with E-state index in [0.717, 1.165) is 5.56 Å². The molecule has 2 aromatic heterocycles. The Labute approximate surface area is 189 Å². The predicted octanol–water partition coefficient (Wildman–Crippen LogP) is 2.90. The van der Waals surface area contributed by atoms with E-state index < -0.39 is 5.91 Å². The number of anilines is 3. The van der Waals surface area contributed by atoms with Gasteiger partial charge in [0.2, 0.25) is 5.91 Å². The Morgan fingerprint density at radius 3 is 2.58 bits per heavy atom. The molecule has 0 aliphatic heterocycles. The first-order chi connectivity index (χ1) is 16.0. The second kappa shape index (κ2) is 9.60. The molecule has 0 aliphatic rings. The quantitative estimate of drug-likeness (QED) is 0.327. The van der Waals surface area contributed by atoms with Gasteiger partial charge in [0, 0.05) is 29.2 Å². The third kappa shape index (κ3) is 4.96. The Morgan fingerprint density at radius 1 is 1.09 bits per heavy atom. The number of H-pyrrole nitrogens is 1. The zero-order valence-electron chi connectivity index (χ0n) is 17.7. The second-order valence-electron chi connectivity index (χ2n) is 7.02. The molecule has 5 N–H and O–H groups in total. The number of ether oxygens (including phenoxy) is 1. The van der Waals surface area contributed by atoms with Crippen LogP contribution in [0.1, 0.15) is 15.9 Å². The maximum absolute atomic E-state index is 12.5. The van der Waals surface area contributed by atoms with Crippen LogP contribution < -0.4 is 21.1 Å². The van der Waals surface area contributed by atoms with Crippen molar-refractivity contribution in [2.24, 2.45) is 5.73 Å². The standard InChI is InChI=1S/C23H21N7O3/c1-33-17-5-3-2-4-15(17)12-19(31)27-16-8-6-14(7-9-16)21-20(22(24)32)23(30-29-21)28-18-13-25-10-11-26-18/h2-11,13H,12H2,1H3,(H2,24,32)(H,27,31)(H2,26,28,29,30). The first kappa shape index (κ1) is 21.5. The van der Waals surface area contributed by atoms with Crippen LogP contribution in [0.2, 0.25) is 0 Å². The van der Waals surface area contributed by atoms with E-state index in [1.807, 2.05) is 24.3 Å². The Balaban J connectivity index is 1.50. The molecular formula is C23H21N7O3. The van der Waals surface area contributed by atoms with Crippen molar-refractivity contribution >= 4 is 29.1 Å². The van der Waals surface area contributed by atoms with E-state index in [9.17, 15) is 9.59 Å². The summed E-state index contributed by atoms with van der Waals surface area (Å²) in [5.41, 5.74) is 8.21. The van der Waals surface area contributed by atoms with Gasteiger partial charge in [0.15, 0.2) is 0 Å². The summed E-state index contributed by atoms with van der Waals surface area (Å²) in [6.45, 7) is 0. The van der Waals surface area contributed by atoms with Crippen molar-refractivity contribution in [1.82, 2.24) is 20.2 Å². The van der Waals surface area contributed by atoms with Crippen molar-refractivity contribution < 1.29 is 14.3 Å². The number of primary amides is 1. The number of nitrogens with one attached hydrogen (secondary N) is 3. The van der Waals surface area contributed by atoms with Crippen LogP contribution in [0.3, 0.4) is 0 Å². The minimum Gasteiger partial charge on any atom is -0.496 e. The van der Waals surface area contributed by atoms with Gasteiger partial charge in [-0.05, 0) is 18.2 Å². The van der Waals surface area contributed by atoms with Gasteiger partial charge in [-0.3, -0.25) is 19.7 Å². The number of para-hydroxylation sites is 1. The van der Waals surface area contributed by atoms with Crippen LogP contribution in [-0.2, 0) is 11.2 Å². The molecule has 10 heteroatoms. The molecule has 0 spiro atoms. The zero-order valence-corrected chi connectivity index (χ0v) is 17.7. The lowest BCUT2D eigenvalue weighted by Gasteiger charge is -2.09. The highest BCUT2D eigenvalue weighted by Gasteiger charge is 2.20. The third-order valence-electron chi connectivity index (χ3n) is 4.81. The van der Waals surface area contributed by atoms with Crippen molar-refractivity contribution in [2.75, 3.05) is 17.7 Å². The van der Waals surface area contributed by atoms with Gasteiger partial charge < -0.3 is 21.1 Å². The SMILES string of the molecule is COc1ccccc1CC(=O)Nc1ccc(-c2n[nH]c(Nc3cnccn3)c2C(N)=O)cc1. The van der Waals surface area contributed by atoms with Crippen molar-refractivity contribution in [2.45, 2.75) is 6.42 Å². The summed E-state index contributed by atoms with van der Waals surface area (Å²) < 4.78 is 5.29. The molecule has 0 saturated heterocycles. The van der Waals surface area contributed by atoms with E-state index in [4.69, 9.17) is 10.5 Å². The molecule has 0 atom stereocenters. The molecule has 0 saturated carbocycles. The molecule has 4 aromatic rings. The van der Waals surface area contributed by atoms with Crippen LogP contribution in [0.15, 0.2) is 67.1 Å². The van der Waals surface area contributed by atoms with Crippen LogP contribution >= 0.6 is 0 Å². The van der Waals surface area contributed by atoms with Crippen LogP contribution in [0.5, 0.6) is 5.75 Å². The molecule has 2 amide bonds. The largest absolute Gasteiger partial charge is 0.496 e. The van der Waals surface area contributed by atoms with E-state index in [-0.39, 0.29) is 17.9 Å². The summed E-state index contributed by atoms with van der Waals surface area (Å²) >= 11 is 0. The van der Waals surface area contributed by atoms with Crippen molar-refractivity contribution in [3.8, 4) is 17.0 Å². The first-order valence-electron chi connectivity index (χ1n) is 9.98. The van der Waals surface area contributed by atoms with Gasteiger partial charge in [0.25, 0.3) is 5.91 Å². The zero-order chi connectivity index (χ0) is 23.2. The number of hydrogen-bond donors (Lipinski definition) is 4. The van der Waals surface area contributed by atoms with Gasteiger partial charge in [-0.2, -0.15) is 5.10 Å². The number of methoxy groups -OCH3 is 1. The number of carbonyl (C=O) groups is 2. The molecule has 4 rings (SSSR count). The number of aromatic amines is 1. The van der Waals surface area contributed by atoms with Gasteiger partial charge in [0.1, 0.15) is 28.6 Å². The first-order valence-corrected chi connectivity index (χ1v) is 9.98. The molecule has 0 radical (unpaired) electrons. The summed E-state index contributed by atoms with van der Waals surface area (Å²) in [5, 5.41) is 12.8. The van der Waals surface area contributed by atoms with Crippen LogP contribution in [0.25, 0.3) is 11.3 Å². The van der Waals surface area contributed by atoms with E-state index in [1.54, 1.807) is 31.4 Å². The highest BCUT2D eigenvalue weighted by Crippen LogP contribution is 2.29. The van der Waals surface area contributed by atoms with Crippen molar-refractivity contribution in [1.29, 1.82) is 0 Å². The van der Waals surface area contributed by atoms with Gasteiger partial charge in [0.05, 0.1) is 19.7 Å². The van der Waals surface area contributed by atoms with Crippen LogP contribution in [0.4, 0.5) is 17.3 Å². The summed E-state index contributed by atoms with van der Waals surface area (Å²) in [7, 11) is 1.57. The fourth-order valence-corrected chi connectivity index (χ4v) is 3.31. The number of carbonyl (C=O) groups excluding carboxylic acids is 2. The normalized spacial score (nSPS) is 10.5. The second-order valence-corrected chi connectivity index (χ2v) is 7.02. The third-order valence-corrected chi connectivity index (χ3v) is 4.81. The Bertz CT molecular complexity index is 1270. The average Bonchev–Trinajstić information content (AvgIpc) is 3.24. The van der Waals surface area contributed by atoms with E-state index in [0.29, 0.717) is 34.3 Å².